The van der Waals surface area contributed by atoms with Crippen molar-refractivity contribution in [2.75, 3.05) is 11.6 Å². The van der Waals surface area contributed by atoms with Crippen molar-refractivity contribution < 1.29 is 9.53 Å². The molecule has 0 spiro atoms. The van der Waals surface area contributed by atoms with Crippen LogP contribution in [0.5, 0.6) is 0 Å². The van der Waals surface area contributed by atoms with Crippen LogP contribution in [0.3, 0.4) is 0 Å². The molecule has 1 atom stereocenters. The molecule has 4 rings (SSSR count). The van der Waals surface area contributed by atoms with Gasteiger partial charge in [0.25, 0.3) is 0 Å². The summed E-state index contributed by atoms with van der Waals surface area (Å²) in [6.45, 7) is 1.90. The molecule has 0 amide bonds. The summed E-state index contributed by atoms with van der Waals surface area (Å²) in [5.74, 6) is 0.382. The molecular weight excluding hydrogens is 360 g/mol. The van der Waals surface area contributed by atoms with Crippen LogP contribution in [-0.4, -0.2) is 33.1 Å². The van der Waals surface area contributed by atoms with E-state index in [0.717, 1.165) is 36.9 Å². The Morgan fingerprint density at radius 3 is 2.67 bits per heavy atom. The van der Waals surface area contributed by atoms with Crippen molar-refractivity contribution >= 4 is 23.7 Å². The molecule has 1 aromatic heterocycles. The number of aromatic nitrogens is 3. The molecule has 27 heavy (non-hydrogen) atoms. The van der Waals surface area contributed by atoms with E-state index in [1.807, 2.05) is 13.2 Å². The molecule has 1 N–H and O–H groups in total. The smallest absolute Gasteiger partial charge is 0.338 e. The molecule has 2 aliphatic rings. The zero-order valence-electron chi connectivity index (χ0n) is 15.6. The fourth-order valence-corrected chi connectivity index (χ4v) is 4.26. The van der Waals surface area contributed by atoms with Gasteiger partial charge in [0.2, 0.25) is 5.95 Å². The third-order valence-corrected chi connectivity index (χ3v) is 6.02. The molecule has 0 unspecified atom stereocenters. The van der Waals surface area contributed by atoms with Crippen LogP contribution in [0, 0.1) is 0 Å². The minimum Gasteiger partial charge on any atom is -0.459 e. The highest BCUT2D eigenvalue weighted by atomic mass is 32.2. The van der Waals surface area contributed by atoms with Crippen LogP contribution in [0.15, 0.2) is 46.8 Å². The van der Waals surface area contributed by atoms with Gasteiger partial charge < -0.3 is 10.1 Å². The Labute approximate surface area is 163 Å². The van der Waals surface area contributed by atoms with Crippen LogP contribution in [0.1, 0.15) is 50.6 Å². The number of allylic oxidation sites excluding steroid dienone is 1. The number of rotatable bonds is 4. The van der Waals surface area contributed by atoms with Gasteiger partial charge in [0.15, 0.2) is 0 Å². The summed E-state index contributed by atoms with van der Waals surface area (Å²) in [4.78, 5) is 18.6. The Kier molecular flexibility index (Phi) is 5.20. The summed E-state index contributed by atoms with van der Waals surface area (Å²) in [6, 6.07) is 7.90. The Morgan fingerprint density at radius 1 is 1.22 bits per heavy atom. The van der Waals surface area contributed by atoms with Gasteiger partial charge in [0, 0.05) is 10.6 Å². The first-order valence-corrected chi connectivity index (χ1v) is 10.6. The predicted octanol–water partition coefficient (Wildman–Crippen LogP) is 4.16. The van der Waals surface area contributed by atoms with E-state index in [0.29, 0.717) is 11.5 Å². The standard InChI is InChI=1S/C20H24N4O2S/c1-13-17(19(25)26-15-6-4-3-5-7-15)18(24-20(23-13)21-12-22-24)14-8-10-16(27-2)11-9-14/h8-12,15,18H,3-7H2,1-2H3,(H,21,22,23)/t18-/m1/s1. The SMILES string of the molecule is CSc1ccc([C@@H]2C(C(=O)OC3CCCCC3)=C(C)Nc3ncnn32)cc1. The van der Waals surface area contributed by atoms with Crippen LogP contribution >= 0.6 is 11.8 Å². The highest BCUT2D eigenvalue weighted by Crippen LogP contribution is 2.36. The maximum absolute atomic E-state index is 13.1. The van der Waals surface area contributed by atoms with E-state index in [-0.39, 0.29) is 18.1 Å². The second-order valence-electron chi connectivity index (χ2n) is 7.03. The molecule has 6 nitrogen and oxygen atoms in total. The molecule has 1 aliphatic carbocycles. The normalized spacial score (nSPS) is 20.1. The lowest BCUT2D eigenvalue weighted by Gasteiger charge is -2.30. The van der Waals surface area contributed by atoms with E-state index in [1.165, 1.54) is 17.6 Å². The van der Waals surface area contributed by atoms with Gasteiger partial charge in [-0.25, -0.2) is 9.48 Å². The number of carbonyl (C=O) groups is 1. The van der Waals surface area contributed by atoms with Crippen LogP contribution in [0.4, 0.5) is 5.95 Å². The van der Waals surface area contributed by atoms with Crippen molar-refractivity contribution in [3.63, 3.8) is 0 Å². The van der Waals surface area contributed by atoms with Gasteiger partial charge in [-0.3, -0.25) is 0 Å². The lowest BCUT2D eigenvalue weighted by atomic mass is 9.95. The van der Waals surface area contributed by atoms with E-state index in [4.69, 9.17) is 4.74 Å². The van der Waals surface area contributed by atoms with Gasteiger partial charge in [-0.1, -0.05) is 18.6 Å². The zero-order valence-corrected chi connectivity index (χ0v) is 16.5. The number of anilines is 1. The summed E-state index contributed by atoms with van der Waals surface area (Å²) in [5, 5.41) is 7.56. The van der Waals surface area contributed by atoms with Crippen molar-refractivity contribution in [1.82, 2.24) is 14.8 Å². The van der Waals surface area contributed by atoms with Crippen LogP contribution < -0.4 is 5.32 Å². The number of hydrogen-bond acceptors (Lipinski definition) is 6. The number of fused-ring (bicyclic) bond motifs is 1. The van der Waals surface area contributed by atoms with E-state index < -0.39 is 0 Å². The lowest BCUT2D eigenvalue weighted by Crippen LogP contribution is -2.32. The van der Waals surface area contributed by atoms with Crippen LogP contribution in [-0.2, 0) is 9.53 Å². The zero-order chi connectivity index (χ0) is 18.8. The van der Waals surface area contributed by atoms with E-state index in [1.54, 1.807) is 16.4 Å². The highest BCUT2D eigenvalue weighted by Gasteiger charge is 2.35. The molecule has 0 radical (unpaired) electrons. The molecular formula is C20H24N4O2S. The largest absolute Gasteiger partial charge is 0.459 e. The van der Waals surface area contributed by atoms with Gasteiger partial charge >= 0.3 is 5.97 Å². The van der Waals surface area contributed by atoms with Gasteiger partial charge in [-0.05, 0) is 56.6 Å². The van der Waals surface area contributed by atoms with Crippen LogP contribution in [0.2, 0.25) is 0 Å². The molecule has 1 saturated carbocycles. The molecule has 1 aliphatic heterocycles. The molecule has 1 aromatic carbocycles. The van der Waals surface area contributed by atoms with Gasteiger partial charge in [-0.2, -0.15) is 10.1 Å². The first-order valence-electron chi connectivity index (χ1n) is 9.39. The van der Waals surface area contributed by atoms with Gasteiger partial charge in [0.05, 0.1) is 5.57 Å². The minimum absolute atomic E-state index is 0.0169. The predicted molar refractivity (Wildman–Crippen MR) is 106 cm³/mol. The number of benzene rings is 1. The van der Waals surface area contributed by atoms with Gasteiger partial charge in [-0.15, -0.1) is 11.8 Å². The van der Waals surface area contributed by atoms with Crippen LogP contribution in [0.25, 0.3) is 0 Å². The topological polar surface area (TPSA) is 69.0 Å². The first-order chi connectivity index (χ1) is 13.2. The number of hydrogen-bond donors (Lipinski definition) is 1. The van der Waals surface area contributed by atoms with Crippen molar-refractivity contribution in [2.24, 2.45) is 0 Å². The van der Waals surface area contributed by atoms with E-state index in [2.05, 4.69) is 39.7 Å². The monoisotopic (exact) mass is 384 g/mol. The van der Waals surface area contributed by atoms with Crippen molar-refractivity contribution in [3.8, 4) is 0 Å². The minimum atomic E-state index is -0.337. The highest BCUT2D eigenvalue weighted by molar-refractivity contribution is 7.98. The van der Waals surface area contributed by atoms with Crippen molar-refractivity contribution in [1.29, 1.82) is 0 Å². The average molecular weight is 385 g/mol. The van der Waals surface area contributed by atoms with E-state index >= 15 is 0 Å². The van der Waals surface area contributed by atoms with E-state index in [9.17, 15) is 4.79 Å². The first kappa shape index (κ1) is 18.1. The Morgan fingerprint density at radius 2 is 1.96 bits per heavy atom. The van der Waals surface area contributed by atoms with Crippen molar-refractivity contribution in [3.05, 3.63) is 47.4 Å². The fourth-order valence-electron chi connectivity index (χ4n) is 3.85. The molecule has 1 fully saturated rings. The third kappa shape index (κ3) is 3.60. The molecule has 142 valence electrons. The lowest BCUT2D eigenvalue weighted by molar-refractivity contribution is -0.146. The second kappa shape index (κ2) is 7.76. The Hall–Kier alpha value is -2.28. The molecule has 2 aromatic rings. The average Bonchev–Trinajstić information content (AvgIpc) is 3.15. The molecule has 2 heterocycles. The quantitative estimate of drug-likeness (QED) is 0.630. The number of nitrogens with one attached hydrogen (secondary N) is 1. The number of ether oxygens (including phenoxy) is 1. The Balaban J connectivity index is 1.68. The van der Waals surface area contributed by atoms with Gasteiger partial charge in [0.1, 0.15) is 18.5 Å². The summed E-state index contributed by atoms with van der Waals surface area (Å²) in [5.41, 5.74) is 2.38. The molecule has 7 heteroatoms. The third-order valence-electron chi connectivity index (χ3n) is 5.27. The Bertz CT molecular complexity index is 853. The second-order valence-corrected chi connectivity index (χ2v) is 7.91. The summed E-state index contributed by atoms with van der Waals surface area (Å²) < 4.78 is 7.65. The number of nitrogens with zero attached hydrogens (tertiary/aromatic N) is 3. The number of thioether (sulfide) groups is 1. The maximum Gasteiger partial charge on any atom is 0.338 e. The summed E-state index contributed by atoms with van der Waals surface area (Å²) >= 11 is 1.69. The fraction of sp³-hybridized carbons (Fsp3) is 0.450. The van der Waals surface area contributed by atoms with Crippen molar-refractivity contribution in [2.45, 2.75) is 56.1 Å². The maximum atomic E-state index is 13.1. The molecule has 0 bridgehead atoms. The number of carbonyl (C=O) groups excluding carboxylic acids is 1. The summed E-state index contributed by atoms with van der Waals surface area (Å²) in [6.07, 6.45) is 8.95. The number of esters is 1. The molecule has 0 saturated heterocycles. The summed E-state index contributed by atoms with van der Waals surface area (Å²) in [7, 11) is 0.